The van der Waals surface area contributed by atoms with Crippen LogP contribution in [0.15, 0.2) is 75.8 Å². The number of furan rings is 1. The van der Waals surface area contributed by atoms with Gasteiger partial charge >= 0.3 is 0 Å². The van der Waals surface area contributed by atoms with Crippen LogP contribution < -0.4 is 0 Å². The third kappa shape index (κ3) is 3.76. The Balaban J connectivity index is 1.42. The van der Waals surface area contributed by atoms with E-state index in [-0.39, 0.29) is 5.82 Å². The van der Waals surface area contributed by atoms with Gasteiger partial charge in [0.1, 0.15) is 17.3 Å². The Morgan fingerprint density at radius 1 is 0.933 bits per heavy atom. The van der Waals surface area contributed by atoms with Gasteiger partial charge in [-0.15, -0.1) is 22.7 Å². The lowest BCUT2D eigenvalue weighted by atomic mass is 9.97. The maximum absolute atomic E-state index is 14.2. The van der Waals surface area contributed by atoms with E-state index in [1.54, 1.807) is 6.07 Å². The molecule has 6 heteroatoms. The molecule has 3 heterocycles. The summed E-state index contributed by atoms with van der Waals surface area (Å²) in [4.78, 5) is 3.92. The van der Waals surface area contributed by atoms with E-state index in [4.69, 9.17) is 4.42 Å². The van der Waals surface area contributed by atoms with Crippen LogP contribution in [0.3, 0.4) is 0 Å². The van der Waals surface area contributed by atoms with Crippen molar-refractivity contribution < 1.29 is 13.9 Å². The van der Waals surface area contributed by atoms with Crippen molar-refractivity contribution in [2.24, 2.45) is 0 Å². The Kier molecular flexibility index (Phi) is 5.33. The van der Waals surface area contributed by atoms with Gasteiger partial charge in [-0.25, -0.2) is 4.39 Å². The molecule has 0 saturated heterocycles. The minimum Gasteiger partial charge on any atom is -0.461 e. The summed E-state index contributed by atoms with van der Waals surface area (Å²) in [6.45, 7) is 1.14. The summed E-state index contributed by atoms with van der Waals surface area (Å²) in [6, 6.07) is 18.9. The summed E-state index contributed by atoms with van der Waals surface area (Å²) in [6.07, 6.45) is 2.24. The molecule has 0 unspecified atom stereocenters. The van der Waals surface area contributed by atoms with Crippen LogP contribution >= 0.6 is 22.7 Å². The zero-order chi connectivity index (χ0) is 20.6. The van der Waals surface area contributed by atoms with Crippen molar-refractivity contribution >= 4 is 22.7 Å². The van der Waals surface area contributed by atoms with Gasteiger partial charge in [-0.05, 0) is 53.9 Å². The summed E-state index contributed by atoms with van der Waals surface area (Å²) >= 11 is 3.02. The Hall–Kier alpha value is -2.25. The number of nitrogens with zero attached hydrogens (tertiary/aromatic N) is 1. The molecule has 1 aliphatic rings. The molecular formula is C24H22FNO2S2. The van der Waals surface area contributed by atoms with Crippen LogP contribution in [0.2, 0.25) is 0 Å². The van der Waals surface area contributed by atoms with Gasteiger partial charge in [0.25, 0.3) is 0 Å². The van der Waals surface area contributed by atoms with Crippen LogP contribution in [0.25, 0.3) is 0 Å². The molecule has 0 radical (unpaired) electrons. The van der Waals surface area contributed by atoms with Gasteiger partial charge in [-0.1, -0.05) is 30.3 Å². The zero-order valence-corrected chi connectivity index (χ0v) is 18.0. The van der Waals surface area contributed by atoms with Crippen LogP contribution in [0.4, 0.5) is 4.39 Å². The summed E-state index contributed by atoms with van der Waals surface area (Å²) in [5, 5.41) is 15.6. The highest BCUT2D eigenvalue weighted by Gasteiger charge is 2.39. The van der Waals surface area contributed by atoms with Crippen LogP contribution in [0.5, 0.6) is 0 Å². The van der Waals surface area contributed by atoms with Crippen LogP contribution in [-0.2, 0) is 18.7 Å². The second kappa shape index (κ2) is 8.12. The molecule has 1 saturated carbocycles. The van der Waals surface area contributed by atoms with E-state index in [1.165, 1.54) is 28.7 Å². The summed E-state index contributed by atoms with van der Waals surface area (Å²) in [7, 11) is 0. The van der Waals surface area contributed by atoms with Crippen molar-refractivity contribution in [1.29, 1.82) is 0 Å². The lowest BCUT2D eigenvalue weighted by Crippen LogP contribution is -2.26. The lowest BCUT2D eigenvalue weighted by molar-refractivity contribution is 0.102. The molecular weight excluding hydrogens is 417 g/mol. The topological polar surface area (TPSA) is 36.6 Å². The Morgan fingerprint density at radius 3 is 2.23 bits per heavy atom. The molecule has 3 nitrogen and oxygen atoms in total. The number of halogens is 1. The lowest BCUT2D eigenvalue weighted by Gasteiger charge is -2.24. The van der Waals surface area contributed by atoms with E-state index in [1.807, 2.05) is 59.3 Å². The van der Waals surface area contributed by atoms with E-state index >= 15 is 0 Å². The normalized spacial score (nSPS) is 14.5. The monoisotopic (exact) mass is 439 g/mol. The second-order valence-electron chi connectivity index (χ2n) is 7.66. The molecule has 154 valence electrons. The summed E-state index contributed by atoms with van der Waals surface area (Å²) in [5.74, 6) is 1.12. The van der Waals surface area contributed by atoms with Crippen molar-refractivity contribution in [2.45, 2.75) is 37.6 Å². The largest absolute Gasteiger partial charge is 0.461 e. The van der Waals surface area contributed by atoms with Crippen LogP contribution in [-0.4, -0.2) is 16.0 Å². The van der Waals surface area contributed by atoms with Crippen molar-refractivity contribution in [2.75, 3.05) is 0 Å². The number of benzene rings is 1. The Morgan fingerprint density at radius 2 is 1.63 bits per heavy atom. The fraction of sp³-hybridized carbons (Fsp3) is 0.250. The highest BCUT2D eigenvalue weighted by atomic mass is 32.1. The molecule has 4 aromatic rings. The van der Waals surface area contributed by atoms with Crippen molar-refractivity contribution in [3.63, 3.8) is 0 Å². The molecule has 1 N–H and O–H groups in total. The molecule has 0 amide bonds. The average molecular weight is 440 g/mol. The Bertz CT molecular complexity index is 1070. The minimum absolute atomic E-state index is 0.173. The standard InChI is InChI=1S/C24H22FNO2S2/c25-20-6-2-1-5-17(20)15-26(18-9-10-18)16-19-11-12-21(28-19)24(27,22-7-3-13-29-22)23-8-4-14-30-23/h1-8,11-14,18,27H,9-10,15-16H2. The molecule has 30 heavy (non-hydrogen) atoms. The van der Waals surface area contributed by atoms with Crippen LogP contribution in [0, 0.1) is 5.82 Å². The maximum atomic E-state index is 14.2. The van der Waals surface area contributed by atoms with Gasteiger partial charge in [-0.2, -0.15) is 0 Å². The number of thiophene rings is 2. The molecule has 0 aliphatic heterocycles. The van der Waals surface area contributed by atoms with Gasteiger partial charge in [0.15, 0.2) is 5.60 Å². The third-order valence-electron chi connectivity index (χ3n) is 5.53. The van der Waals surface area contributed by atoms with Crippen molar-refractivity contribution in [3.8, 4) is 0 Å². The highest BCUT2D eigenvalue weighted by Crippen LogP contribution is 2.42. The van der Waals surface area contributed by atoms with Gasteiger partial charge in [0.2, 0.25) is 0 Å². The fourth-order valence-electron chi connectivity index (χ4n) is 3.79. The van der Waals surface area contributed by atoms with E-state index in [2.05, 4.69) is 4.90 Å². The fourth-order valence-corrected chi connectivity index (χ4v) is 5.54. The maximum Gasteiger partial charge on any atom is 0.191 e. The van der Waals surface area contributed by atoms with Gasteiger partial charge in [-0.3, -0.25) is 4.90 Å². The summed E-state index contributed by atoms with van der Waals surface area (Å²) in [5.41, 5.74) is -0.596. The Labute approximate surface area is 183 Å². The predicted molar refractivity (Wildman–Crippen MR) is 118 cm³/mol. The predicted octanol–water partition coefficient (Wildman–Crippen LogP) is 5.99. The van der Waals surface area contributed by atoms with Crippen molar-refractivity contribution in [1.82, 2.24) is 4.90 Å². The average Bonchev–Trinajstić information content (AvgIpc) is 3.20. The molecule has 1 aliphatic carbocycles. The smallest absolute Gasteiger partial charge is 0.191 e. The first-order valence-electron chi connectivity index (χ1n) is 10.0. The van der Waals surface area contributed by atoms with Crippen LogP contribution in [0.1, 0.15) is 39.7 Å². The van der Waals surface area contributed by atoms with Crippen molar-refractivity contribution in [3.05, 3.63) is 104 Å². The number of aliphatic hydroxyl groups is 1. The first kappa shape index (κ1) is 19.7. The van der Waals surface area contributed by atoms with E-state index in [9.17, 15) is 9.50 Å². The SMILES string of the molecule is OC(c1ccc(CN(Cc2ccccc2F)C2CC2)o1)(c1cccs1)c1cccs1. The molecule has 5 rings (SSSR count). The second-order valence-corrected chi connectivity index (χ2v) is 9.55. The van der Waals surface area contributed by atoms with E-state index < -0.39 is 5.60 Å². The van der Waals surface area contributed by atoms with Gasteiger partial charge in [0, 0.05) is 27.9 Å². The van der Waals surface area contributed by atoms with E-state index in [0.717, 1.165) is 28.4 Å². The van der Waals surface area contributed by atoms with Gasteiger partial charge < -0.3 is 9.52 Å². The minimum atomic E-state index is -1.30. The number of hydrogen-bond acceptors (Lipinski definition) is 5. The van der Waals surface area contributed by atoms with E-state index in [0.29, 0.717) is 30.5 Å². The number of hydrogen-bond donors (Lipinski definition) is 1. The quantitative estimate of drug-likeness (QED) is 0.366. The molecule has 0 atom stereocenters. The first-order valence-corrected chi connectivity index (χ1v) is 11.8. The zero-order valence-electron chi connectivity index (χ0n) is 16.3. The molecule has 0 spiro atoms. The molecule has 0 bridgehead atoms. The van der Waals surface area contributed by atoms with Gasteiger partial charge in [0.05, 0.1) is 6.54 Å². The first-order chi connectivity index (χ1) is 14.6. The molecule has 3 aromatic heterocycles. The molecule has 1 aromatic carbocycles. The highest BCUT2D eigenvalue weighted by molar-refractivity contribution is 7.11. The summed E-state index contributed by atoms with van der Waals surface area (Å²) < 4.78 is 20.4. The number of rotatable bonds is 8. The third-order valence-corrected chi connectivity index (χ3v) is 7.48. The molecule has 1 fully saturated rings.